The summed E-state index contributed by atoms with van der Waals surface area (Å²) in [6.07, 6.45) is 5.56. The molecule has 0 unspecified atom stereocenters. The molecule has 0 aliphatic heterocycles. The van der Waals surface area contributed by atoms with Crippen LogP contribution >= 0.6 is 23.2 Å². The highest BCUT2D eigenvalue weighted by Crippen LogP contribution is 2.27. The fourth-order valence-corrected chi connectivity index (χ4v) is 4.75. The Balaban J connectivity index is 1.64. The van der Waals surface area contributed by atoms with Gasteiger partial charge in [0.1, 0.15) is 0 Å². The van der Waals surface area contributed by atoms with E-state index in [1.807, 2.05) is 11.9 Å². The number of nitrogens with one attached hydrogen (secondary N) is 1. The number of nitrogens with two attached hydrogens (primary N) is 1. The van der Waals surface area contributed by atoms with Crippen LogP contribution in [0.3, 0.4) is 0 Å². The maximum atomic E-state index is 13.2. The number of hydrogen-bond acceptors (Lipinski definition) is 4. The van der Waals surface area contributed by atoms with Crippen molar-refractivity contribution in [3.05, 3.63) is 57.6 Å². The number of anilines is 1. The lowest BCUT2D eigenvalue weighted by molar-refractivity contribution is -0.118. The van der Waals surface area contributed by atoms with Crippen LogP contribution in [0.5, 0.6) is 0 Å². The molecule has 8 nitrogen and oxygen atoms in total. The molecule has 35 heavy (non-hydrogen) atoms. The van der Waals surface area contributed by atoms with E-state index in [2.05, 4.69) is 10.3 Å². The molecule has 3 N–H and O–H groups in total. The molecular formula is C25H27Cl2N5O3. The third kappa shape index (κ3) is 5.60. The first kappa shape index (κ1) is 25.0. The maximum Gasteiger partial charge on any atom is 0.258 e. The molecule has 3 amide bonds. The zero-order valence-electron chi connectivity index (χ0n) is 19.4. The lowest BCUT2D eigenvalue weighted by Gasteiger charge is -2.31. The molecule has 4 rings (SSSR count). The van der Waals surface area contributed by atoms with Gasteiger partial charge in [0.15, 0.2) is 0 Å². The van der Waals surface area contributed by atoms with Crippen molar-refractivity contribution in [2.45, 2.75) is 51.1 Å². The van der Waals surface area contributed by atoms with E-state index in [4.69, 9.17) is 28.9 Å². The molecule has 3 aromatic rings. The van der Waals surface area contributed by atoms with Gasteiger partial charge in [-0.1, -0.05) is 42.5 Å². The Morgan fingerprint density at radius 2 is 1.77 bits per heavy atom. The summed E-state index contributed by atoms with van der Waals surface area (Å²) in [6, 6.07) is 10.0. The highest BCUT2D eigenvalue weighted by molar-refractivity contribution is 6.42. The van der Waals surface area contributed by atoms with Crippen molar-refractivity contribution in [2.24, 2.45) is 5.73 Å². The van der Waals surface area contributed by atoms with Crippen molar-refractivity contribution in [3.63, 3.8) is 0 Å². The second-order valence-electron chi connectivity index (χ2n) is 8.80. The normalized spacial score (nSPS) is 14.1. The summed E-state index contributed by atoms with van der Waals surface area (Å²) < 4.78 is 1.70. The van der Waals surface area contributed by atoms with Crippen molar-refractivity contribution in [1.82, 2.24) is 14.5 Å². The van der Waals surface area contributed by atoms with Crippen LogP contribution in [0.25, 0.3) is 11.0 Å². The van der Waals surface area contributed by atoms with Gasteiger partial charge in [0, 0.05) is 37.2 Å². The molecule has 1 fully saturated rings. The van der Waals surface area contributed by atoms with Gasteiger partial charge in [0.2, 0.25) is 11.9 Å². The Bertz CT molecular complexity index is 1280. The Hall–Kier alpha value is -3.10. The molecule has 0 bridgehead atoms. The average Bonchev–Trinajstić information content (AvgIpc) is 3.19. The standard InChI is InChI=1S/C25H27Cl2N5O3/c1-31(17-5-3-2-4-6-17)24(35)16-8-10-21-20(14-16)29-25(32(21)12-11-22(28)33)30-23(34)15-7-9-18(26)19(27)13-15/h7-10,13-14,17H,2-6,11-12H2,1H3,(H2,28,33)(H,29,30,34). The fraction of sp³-hybridized carbons (Fsp3) is 0.360. The summed E-state index contributed by atoms with van der Waals surface area (Å²) in [6.45, 7) is 0.220. The van der Waals surface area contributed by atoms with Crippen LogP contribution in [0, 0.1) is 0 Å². The number of nitrogens with zero attached hydrogens (tertiary/aromatic N) is 3. The zero-order chi connectivity index (χ0) is 25.1. The number of amides is 3. The van der Waals surface area contributed by atoms with Crippen LogP contribution in [0.4, 0.5) is 5.95 Å². The van der Waals surface area contributed by atoms with Crippen molar-refractivity contribution in [3.8, 4) is 0 Å². The van der Waals surface area contributed by atoms with E-state index in [0.29, 0.717) is 27.2 Å². The number of hydrogen-bond donors (Lipinski definition) is 2. The van der Waals surface area contributed by atoms with Crippen molar-refractivity contribution < 1.29 is 14.4 Å². The van der Waals surface area contributed by atoms with Crippen LogP contribution in [0.15, 0.2) is 36.4 Å². The van der Waals surface area contributed by atoms with Gasteiger partial charge in [-0.25, -0.2) is 4.98 Å². The molecule has 184 valence electrons. The number of aromatic nitrogens is 2. The lowest BCUT2D eigenvalue weighted by Crippen LogP contribution is -2.38. The first-order valence-corrected chi connectivity index (χ1v) is 12.3. The van der Waals surface area contributed by atoms with Crippen LogP contribution in [0.1, 0.15) is 59.2 Å². The molecule has 1 saturated carbocycles. The minimum Gasteiger partial charge on any atom is -0.370 e. The summed E-state index contributed by atoms with van der Waals surface area (Å²) in [5.74, 6) is -0.739. The number of rotatable bonds is 7. The summed E-state index contributed by atoms with van der Waals surface area (Å²) in [5.41, 5.74) is 7.38. The van der Waals surface area contributed by atoms with Crippen LogP contribution < -0.4 is 11.1 Å². The fourth-order valence-electron chi connectivity index (χ4n) is 4.46. The Labute approximate surface area is 213 Å². The summed E-state index contributed by atoms with van der Waals surface area (Å²) >= 11 is 12.0. The number of halogens is 2. The molecule has 1 aliphatic rings. The average molecular weight is 516 g/mol. The van der Waals surface area contributed by atoms with Crippen molar-refractivity contribution in [2.75, 3.05) is 12.4 Å². The van der Waals surface area contributed by atoms with E-state index in [0.717, 1.165) is 25.7 Å². The number of fused-ring (bicyclic) bond motifs is 1. The number of imidazole rings is 1. The number of benzene rings is 2. The van der Waals surface area contributed by atoms with Gasteiger partial charge in [0.25, 0.3) is 11.8 Å². The van der Waals surface area contributed by atoms with Gasteiger partial charge in [-0.3, -0.25) is 19.7 Å². The van der Waals surface area contributed by atoms with E-state index >= 15 is 0 Å². The number of carbonyl (C=O) groups is 3. The van der Waals surface area contributed by atoms with Crippen LogP contribution in [-0.4, -0.2) is 45.3 Å². The van der Waals surface area contributed by atoms with Gasteiger partial charge >= 0.3 is 0 Å². The highest BCUT2D eigenvalue weighted by atomic mass is 35.5. The predicted molar refractivity (Wildman–Crippen MR) is 137 cm³/mol. The topological polar surface area (TPSA) is 110 Å². The second kappa shape index (κ2) is 10.7. The first-order valence-electron chi connectivity index (χ1n) is 11.6. The molecule has 0 spiro atoms. The molecule has 10 heteroatoms. The van der Waals surface area contributed by atoms with Gasteiger partial charge in [0.05, 0.1) is 21.1 Å². The monoisotopic (exact) mass is 515 g/mol. The van der Waals surface area contributed by atoms with Crippen molar-refractivity contribution >= 4 is 57.9 Å². The van der Waals surface area contributed by atoms with Crippen molar-refractivity contribution in [1.29, 1.82) is 0 Å². The highest BCUT2D eigenvalue weighted by Gasteiger charge is 2.24. The maximum absolute atomic E-state index is 13.2. The van der Waals surface area contributed by atoms with Crippen LogP contribution in [0.2, 0.25) is 10.0 Å². The number of carbonyl (C=O) groups excluding carboxylic acids is 3. The van der Waals surface area contributed by atoms with E-state index in [9.17, 15) is 14.4 Å². The SMILES string of the molecule is CN(C(=O)c1ccc2c(c1)nc(NC(=O)c1ccc(Cl)c(Cl)c1)n2CCC(N)=O)C1CCCCC1. The minimum absolute atomic E-state index is 0.0617. The largest absolute Gasteiger partial charge is 0.370 e. The minimum atomic E-state index is -0.477. The quantitative estimate of drug-likeness (QED) is 0.467. The Morgan fingerprint density at radius 3 is 2.46 bits per heavy atom. The molecule has 1 aliphatic carbocycles. The Kier molecular flexibility index (Phi) is 7.62. The van der Waals surface area contributed by atoms with E-state index < -0.39 is 11.8 Å². The molecule has 1 heterocycles. The second-order valence-corrected chi connectivity index (χ2v) is 9.61. The smallest absolute Gasteiger partial charge is 0.258 e. The third-order valence-electron chi connectivity index (χ3n) is 6.43. The number of primary amides is 1. The van der Waals surface area contributed by atoms with Gasteiger partial charge < -0.3 is 15.2 Å². The zero-order valence-corrected chi connectivity index (χ0v) is 20.9. The van der Waals surface area contributed by atoms with E-state index in [1.165, 1.54) is 18.6 Å². The molecule has 0 radical (unpaired) electrons. The molecule has 0 saturated heterocycles. The van der Waals surface area contributed by atoms with Crippen LogP contribution in [-0.2, 0) is 11.3 Å². The summed E-state index contributed by atoms with van der Waals surface area (Å²) in [4.78, 5) is 43.8. The first-order chi connectivity index (χ1) is 16.7. The lowest BCUT2D eigenvalue weighted by atomic mass is 9.94. The summed E-state index contributed by atoms with van der Waals surface area (Å²) in [5, 5.41) is 3.37. The molecule has 2 aromatic carbocycles. The van der Waals surface area contributed by atoms with Gasteiger partial charge in [-0.15, -0.1) is 0 Å². The molecular weight excluding hydrogens is 489 g/mol. The molecule has 0 atom stereocenters. The molecule has 1 aromatic heterocycles. The third-order valence-corrected chi connectivity index (χ3v) is 7.17. The number of aryl methyl sites for hydroxylation is 1. The predicted octanol–water partition coefficient (Wildman–Crippen LogP) is 4.88. The Morgan fingerprint density at radius 1 is 1.06 bits per heavy atom. The van der Waals surface area contributed by atoms with E-state index in [-0.39, 0.29) is 35.9 Å². The van der Waals surface area contributed by atoms with Gasteiger partial charge in [-0.2, -0.15) is 0 Å². The van der Waals surface area contributed by atoms with Gasteiger partial charge in [-0.05, 0) is 49.2 Å². The summed E-state index contributed by atoms with van der Waals surface area (Å²) in [7, 11) is 1.84. The van der Waals surface area contributed by atoms with E-state index in [1.54, 1.807) is 28.8 Å².